The van der Waals surface area contributed by atoms with E-state index in [2.05, 4.69) is 20.2 Å². The highest BCUT2D eigenvalue weighted by molar-refractivity contribution is 5.84. The number of carbonyl (C=O) groups excluding carboxylic acids is 1. The second-order valence-electron chi connectivity index (χ2n) is 5.03. The zero-order chi connectivity index (χ0) is 14.7. The summed E-state index contributed by atoms with van der Waals surface area (Å²) in [5, 5.41) is 3.15. The average molecular weight is 289 g/mol. The van der Waals surface area contributed by atoms with Crippen molar-refractivity contribution >= 4 is 11.9 Å². The minimum Gasteiger partial charge on any atom is -0.481 e. The summed E-state index contributed by atoms with van der Waals surface area (Å²) in [6.07, 6.45) is 5.61. The molecule has 1 aromatic heterocycles. The SMILES string of the molecule is COc1ccnc(N2CCN(C(=O)[C@@H]3C=CCN3)CC2)n1. The summed E-state index contributed by atoms with van der Waals surface area (Å²) in [5.41, 5.74) is 0. The number of ether oxygens (including phenoxy) is 1. The van der Waals surface area contributed by atoms with Crippen LogP contribution in [0.25, 0.3) is 0 Å². The van der Waals surface area contributed by atoms with Crippen LogP contribution in [0.3, 0.4) is 0 Å². The van der Waals surface area contributed by atoms with E-state index in [1.807, 2.05) is 17.1 Å². The summed E-state index contributed by atoms with van der Waals surface area (Å²) in [7, 11) is 1.59. The quantitative estimate of drug-likeness (QED) is 0.768. The molecule has 1 amide bonds. The molecule has 1 atom stereocenters. The summed E-state index contributed by atoms with van der Waals surface area (Å²) in [5.74, 6) is 1.36. The number of hydrogen-bond donors (Lipinski definition) is 1. The number of amides is 1. The second kappa shape index (κ2) is 6.09. The van der Waals surface area contributed by atoms with Gasteiger partial charge in [0.05, 0.1) is 7.11 Å². The first kappa shape index (κ1) is 13.8. The van der Waals surface area contributed by atoms with Crippen molar-refractivity contribution in [1.82, 2.24) is 20.2 Å². The molecule has 7 nitrogen and oxygen atoms in total. The molecule has 1 fully saturated rings. The molecule has 1 aromatic rings. The lowest BCUT2D eigenvalue weighted by Gasteiger charge is -2.35. The topological polar surface area (TPSA) is 70.6 Å². The van der Waals surface area contributed by atoms with Gasteiger partial charge in [-0.1, -0.05) is 12.2 Å². The zero-order valence-electron chi connectivity index (χ0n) is 12.0. The van der Waals surface area contributed by atoms with E-state index in [1.54, 1.807) is 19.4 Å². The maximum absolute atomic E-state index is 12.3. The van der Waals surface area contributed by atoms with Gasteiger partial charge in [0, 0.05) is 45.0 Å². The summed E-state index contributed by atoms with van der Waals surface area (Å²) in [4.78, 5) is 24.8. The molecule has 0 aliphatic carbocycles. The Kier molecular flexibility index (Phi) is 4.01. The number of rotatable bonds is 3. The van der Waals surface area contributed by atoms with Gasteiger partial charge in [-0.05, 0) is 0 Å². The van der Waals surface area contributed by atoms with Crippen LogP contribution in [0.1, 0.15) is 0 Å². The van der Waals surface area contributed by atoms with Gasteiger partial charge in [0.2, 0.25) is 17.7 Å². The van der Waals surface area contributed by atoms with Gasteiger partial charge in [-0.25, -0.2) is 4.98 Å². The van der Waals surface area contributed by atoms with Gasteiger partial charge in [-0.15, -0.1) is 0 Å². The molecule has 0 radical (unpaired) electrons. The van der Waals surface area contributed by atoms with E-state index in [1.165, 1.54) is 0 Å². The first-order chi connectivity index (χ1) is 10.3. The molecule has 1 saturated heterocycles. The molecule has 2 aliphatic rings. The number of carbonyl (C=O) groups is 1. The number of hydrogen-bond acceptors (Lipinski definition) is 6. The molecular weight excluding hydrogens is 270 g/mol. The van der Waals surface area contributed by atoms with E-state index in [4.69, 9.17) is 4.74 Å². The molecule has 1 N–H and O–H groups in total. The minimum atomic E-state index is -0.162. The van der Waals surface area contributed by atoms with E-state index >= 15 is 0 Å². The van der Waals surface area contributed by atoms with Gasteiger partial charge in [-0.3, -0.25) is 10.1 Å². The second-order valence-corrected chi connectivity index (χ2v) is 5.03. The molecule has 112 valence electrons. The first-order valence-corrected chi connectivity index (χ1v) is 7.09. The number of nitrogens with one attached hydrogen (secondary N) is 1. The summed E-state index contributed by atoms with van der Waals surface area (Å²) in [6, 6.07) is 1.56. The fraction of sp³-hybridized carbons (Fsp3) is 0.500. The standard InChI is InChI=1S/C14H19N5O2/c1-21-12-4-6-16-14(17-12)19-9-7-18(8-10-19)13(20)11-3-2-5-15-11/h2-4,6,11,15H,5,7-10H2,1H3/t11-/m0/s1. The van der Waals surface area contributed by atoms with Gasteiger partial charge in [0.15, 0.2) is 0 Å². The van der Waals surface area contributed by atoms with Gasteiger partial charge < -0.3 is 14.5 Å². The zero-order valence-corrected chi connectivity index (χ0v) is 12.0. The molecule has 21 heavy (non-hydrogen) atoms. The van der Waals surface area contributed by atoms with Crippen LogP contribution in [0.2, 0.25) is 0 Å². The molecule has 0 unspecified atom stereocenters. The third-order valence-corrected chi connectivity index (χ3v) is 3.75. The lowest BCUT2D eigenvalue weighted by atomic mass is 10.2. The Balaban J connectivity index is 1.59. The molecule has 3 heterocycles. The van der Waals surface area contributed by atoms with Crippen LogP contribution in [0.5, 0.6) is 5.88 Å². The van der Waals surface area contributed by atoms with Crippen LogP contribution in [0.15, 0.2) is 24.4 Å². The minimum absolute atomic E-state index is 0.148. The Labute approximate surface area is 123 Å². The highest BCUT2D eigenvalue weighted by Crippen LogP contribution is 2.15. The predicted molar refractivity (Wildman–Crippen MR) is 78.3 cm³/mol. The maximum atomic E-state index is 12.3. The van der Waals surface area contributed by atoms with Crippen LogP contribution < -0.4 is 15.0 Å². The van der Waals surface area contributed by atoms with Crippen LogP contribution in [-0.4, -0.2) is 66.7 Å². The van der Waals surface area contributed by atoms with Crippen LogP contribution in [0, 0.1) is 0 Å². The molecule has 0 aromatic carbocycles. The number of aromatic nitrogens is 2. The fourth-order valence-electron chi connectivity index (χ4n) is 2.56. The van der Waals surface area contributed by atoms with Crippen molar-refractivity contribution < 1.29 is 9.53 Å². The van der Waals surface area contributed by atoms with Gasteiger partial charge in [0.25, 0.3) is 0 Å². The van der Waals surface area contributed by atoms with Gasteiger partial charge in [-0.2, -0.15) is 4.98 Å². The van der Waals surface area contributed by atoms with Crippen molar-refractivity contribution in [2.75, 3.05) is 44.7 Å². The summed E-state index contributed by atoms with van der Waals surface area (Å²) in [6.45, 7) is 3.61. The molecule has 7 heteroatoms. The molecular formula is C14H19N5O2. The Morgan fingerprint density at radius 1 is 1.38 bits per heavy atom. The van der Waals surface area contributed by atoms with Crippen molar-refractivity contribution in [2.45, 2.75) is 6.04 Å². The van der Waals surface area contributed by atoms with Crippen molar-refractivity contribution in [3.05, 3.63) is 24.4 Å². The number of anilines is 1. The third-order valence-electron chi connectivity index (χ3n) is 3.75. The van der Waals surface area contributed by atoms with Gasteiger partial charge >= 0.3 is 0 Å². The molecule has 3 rings (SSSR count). The highest BCUT2D eigenvalue weighted by Gasteiger charge is 2.27. The lowest BCUT2D eigenvalue weighted by molar-refractivity contribution is -0.132. The number of methoxy groups -OCH3 is 1. The first-order valence-electron chi connectivity index (χ1n) is 7.09. The maximum Gasteiger partial charge on any atom is 0.243 e. The number of piperazine rings is 1. The largest absolute Gasteiger partial charge is 0.481 e. The van der Waals surface area contributed by atoms with Crippen molar-refractivity contribution in [2.24, 2.45) is 0 Å². The molecule has 0 spiro atoms. The molecule has 0 saturated carbocycles. The van der Waals surface area contributed by atoms with E-state index < -0.39 is 0 Å². The van der Waals surface area contributed by atoms with Crippen molar-refractivity contribution in [3.63, 3.8) is 0 Å². The fourth-order valence-corrected chi connectivity index (χ4v) is 2.56. The van der Waals surface area contributed by atoms with Crippen molar-refractivity contribution in [3.8, 4) is 5.88 Å². The van der Waals surface area contributed by atoms with E-state index in [9.17, 15) is 4.79 Å². The normalized spacial score (nSPS) is 21.7. The van der Waals surface area contributed by atoms with Crippen LogP contribution in [-0.2, 0) is 4.79 Å². The van der Waals surface area contributed by atoms with Crippen molar-refractivity contribution in [1.29, 1.82) is 0 Å². The average Bonchev–Trinajstić information content (AvgIpc) is 3.09. The number of nitrogens with zero attached hydrogens (tertiary/aromatic N) is 4. The Morgan fingerprint density at radius 2 is 2.19 bits per heavy atom. The smallest absolute Gasteiger partial charge is 0.243 e. The van der Waals surface area contributed by atoms with E-state index in [0.717, 1.165) is 19.6 Å². The monoisotopic (exact) mass is 289 g/mol. The Hall–Kier alpha value is -2.15. The lowest BCUT2D eigenvalue weighted by Crippen LogP contribution is -2.53. The summed E-state index contributed by atoms with van der Waals surface area (Å²) < 4.78 is 5.11. The predicted octanol–water partition coefficient (Wildman–Crippen LogP) is -0.338. The van der Waals surface area contributed by atoms with E-state index in [-0.39, 0.29) is 11.9 Å². The molecule has 0 bridgehead atoms. The summed E-state index contributed by atoms with van der Waals surface area (Å²) >= 11 is 0. The Bertz CT molecular complexity index is 540. The van der Waals surface area contributed by atoms with E-state index in [0.29, 0.717) is 24.9 Å². The van der Waals surface area contributed by atoms with Gasteiger partial charge in [0.1, 0.15) is 6.04 Å². The molecule has 2 aliphatic heterocycles. The Morgan fingerprint density at radius 3 is 2.86 bits per heavy atom. The van der Waals surface area contributed by atoms with Crippen LogP contribution in [0.4, 0.5) is 5.95 Å². The highest BCUT2D eigenvalue weighted by atomic mass is 16.5. The third kappa shape index (κ3) is 2.97. The van der Waals surface area contributed by atoms with Crippen LogP contribution >= 0.6 is 0 Å².